The number of allylic oxidation sites excluding steroid dienone is 6. The molecule has 1 aliphatic carbocycles. The Hall–Kier alpha value is -1.65. The number of methoxy groups -OCH3 is 1. The van der Waals surface area contributed by atoms with Crippen LogP contribution in [0.25, 0.3) is 5.57 Å². The quantitative estimate of drug-likeness (QED) is 0.917. The molecule has 0 fully saturated rings. The number of hydrogen-bond donors (Lipinski definition) is 1. The maximum absolute atomic E-state index is 13.5. The highest BCUT2D eigenvalue weighted by atomic mass is 35.5. The van der Waals surface area contributed by atoms with Crippen LogP contribution in [0.1, 0.15) is 30.7 Å². The van der Waals surface area contributed by atoms with Gasteiger partial charge in [-0.3, -0.25) is 0 Å². The van der Waals surface area contributed by atoms with Crippen LogP contribution in [-0.2, 0) is 0 Å². The first-order valence-electron chi connectivity index (χ1n) is 6.74. The van der Waals surface area contributed by atoms with Gasteiger partial charge in [0.15, 0.2) is 0 Å². The molecule has 1 aromatic heterocycles. The van der Waals surface area contributed by atoms with E-state index in [1.165, 1.54) is 6.08 Å². The van der Waals surface area contributed by atoms with Crippen molar-refractivity contribution in [3.8, 4) is 5.75 Å². The Balaban J connectivity index is 2.45. The SMILES string of the molecule is COc1ccc(C(C)CN)nc1C1=CCC(Cl)=C(F)C=C1. The highest BCUT2D eigenvalue weighted by Crippen LogP contribution is 2.31. The molecule has 0 aromatic carbocycles. The lowest BCUT2D eigenvalue weighted by molar-refractivity contribution is 0.411. The van der Waals surface area contributed by atoms with Crippen molar-refractivity contribution in [1.82, 2.24) is 4.98 Å². The molecule has 0 spiro atoms. The molecule has 1 aliphatic rings. The number of nitrogens with two attached hydrogens (primary N) is 1. The number of nitrogens with zero attached hydrogens (tertiary/aromatic N) is 1. The first kappa shape index (κ1) is 15.7. The minimum Gasteiger partial charge on any atom is -0.494 e. The zero-order chi connectivity index (χ0) is 15.4. The third-order valence-corrected chi connectivity index (χ3v) is 3.74. The number of hydrogen-bond acceptors (Lipinski definition) is 3. The molecule has 1 aromatic rings. The number of aromatic nitrogens is 1. The summed E-state index contributed by atoms with van der Waals surface area (Å²) in [5.41, 5.74) is 8.03. The zero-order valence-electron chi connectivity index (χ0n) is 12.1. The smallest absolute Gasteiger partial charge is 0.145 e. The van der Waals surface area contributed by atoms with Crippen LogP contribution >= 0.6 is 11.6 Å². The average molecular weight is 309 g/mol. The Bertz CT molecular complexity index is 623. The van der Waals surface area contributed by atoms with Crippen LogP contribution in [-0.4, -0.2) is 18.6 Å². The van der Waals surface area contributed by atoms with Crippen molar-refractivity contribution in [2.24, 2.45) is 5.73 Å². The molecule has 3 nitrogen and oxygen atoms in total. The van der Waals surface area contributed by atoms with E-state index in [9.17, 15) is 4.39 Å². The van der Waals surface area contributed by atoms with Crippen molar-refractivity contribution in [3.63, 3.8) is 0 Å². The second-order valence-electron chi connectivity index (χ2n) is 4.87. The van der Waals surface area contributed by atoms with Gasteiger partial charge in [-0.2, -0.15) is 0 Å². The van der Waals surface area contributed by atoms with E-state index in [1.54, 1.807) is 13.2 Å². The Kier molecular flexibility index (Phi) is 5.15. The van der Waals surface area contributed by atoms with Gasteiger partial charge < -0.3 is 10.5 Å². The molecule has 0 aliphatic heterocycles. The third-order valence-electron chi connectivity index (χ3n) is 3.40. The van der Waals surface area contributed by atoms with Gasteiger partial charge in [-0.25, -0.2) is 9.37 Å². The molecule has 2 rings (SSSR count). The largest absolute Gasteiger partial charge is 0.494 e. The molecule has 0 saturated carbocycles. The zero-order valence-corrected chi connectivity index (χ0v) is 12.8. The van der Waals surface area contributed by atoms with Crippen molar-refractivity contribution in [1.29, 1.82) is 0 Å². The minimum absolute atomic E-state index is 0.142. The van der Waals surface area contributed by atoms with E-state index in [2.05, 4.69) is 4.98 Å². The van der Waals surface area contributed by atoms with E-state index in [4.69, 9.17) is 22.1 Å². The van der Waals surface area contributed by atoms with Gasteiger partial charge in [-0.1, -0.05) is 30.7 Å². The summed E-state index contributed by atoms with van der Waals surface area (Å²) in [6.45, 7) is 2.52. The van der Waals surface area contributed by atoms with Crippen molar-refractivity contribution < 1.29 is 9.13 Å². The molecule has 5 heteroatoms. The van der Waals surface area contributed by atoms with Gasteiger partial charge in [0.05, 0.1) is 12.1 Å². The topological polar surface area (TPSA) is 48.1 Å². The summed E-state index contributed by atoms with van der Waals surface area (Å²) in [5.74, 6) is 0.356. The predicted molar refractivity (Wildman–Crippen MR) is 84.0 cm³/mol. The van der Waals surface area contributed by atoms with Crippen LogP contribution in [0, 0.1) is 0 Å². The van der Waals surface area contributed by atoms with Crippen molar-refractivity contribution >= 4 is 17.2 Å². The van der Waals surface area contributed by atoms with Gasteiger partial charge in [-0.05, 0) is 18.2 Å². The van der Waals surface area contributed by atoms with E-state index in [1.807, 2.05) is 25.1 Å². The Labute approximate surface area is 129 Å². The summed E-state index contributed by atoms with van der Waals surface area (Å²) >= 11 is 5.84. The summed E-state index contributed by atoms with van der Waals surface area (Å²) < 4.78 is 18.9. The van der Waals surface area contributed by atoms with Crippen molar-refractivity contribution in [2.75, 3.05) is 13.7 Å². The maximum atomic E-state index is 13.5. The monoisotopic (exact) mass is 308 g/mol. The molecule has 2 N–H and O–H groups in total. The highest BCUT2D eigenvalue weighted by Gasteiger charge is 2.15. The number of halogens is 2. The Morgan fingerprint density at radius 1 is 1.43 bits per heavy atom. The maximum Gasteiger partial charge on any atom is 0.145 e. The molecule has 112 valence electrons. The second-order valence-corrected chi connectivity index (χ2v) is 5.33. The molecule has 0 amide bonds. The fourth-order valence-corrected chi connectivity index (χ4v) is 2.16. The molecular formula is C16H18ClFN2O. The first-order valence-corrected chi connectivity index (χ1v) is 7.12. The van der Waals surface area contributed by atoms with Gasteiger partial charge in [0.25, 0.3) is 0 Å². The second kappa shape index (κ2) is 6.87. The predicted octanol–water partition coefficient (Wildman–Crippen LogP) is 3.92. The normalized spacial score (nSPS) is 16.5. The molecule has 1 unspecified atom stereocenters. The van der Waals surface area contributed by atoms with E-state index in [-0.39, 0.29) is 11.0 Å². The fraction of sp³-hybridized carbons (Fsp3) is 0.312. The van der Waals surface area contributed by atoms with E-state index >= 15 is 0 Å². The van der Waals surface area contributed by atoms with Crippen LogP contribution < -0.4 is 10.5 Å². The average Bonchev–Trinajstić information content (AvgIpc) is 2.68. The summed E-state index contributed by atoms with van der Waals surface area (Å²) in [6.07, 6.45) is 5.18. The minimum atomic E-state index is -0.423. The molecular weight excluding hydrogens is 291 g/mol. The lowest BCUT2D eigenvalue weighted by Gasteiger charge is -2.13. The van der Waals surface area contributed by atoms with Crippen LogP contribution in [0.3, 0.4) is 0 Å². The van der Waals surface area contributed by atoms with Crippen LogP contribution in [0.2, 0.25) is 0 Å². The molecule has 0 bridgehead atoms. The molecule has 0 radical (unpaired) electrons. The lowest BCUT2D eigenvalue weighted by atomic mass is 10.0. The van der Waals surface area contributed by atoms with Gasteiger partial charge >= 0.3 is 0 Å². The summed E-state index contributed by atoms with van der Waals surface area (Å²) in [5, 5.41) is 0.187. The molecule has 1 heterocycles. The Morgan fingerprint density at radius 2 is 2.19 bits per heavy atom. The third kappa shape index (κ3) is 3.52. The van der Waals surface area contributed by atoms with Gasteiger partial charge in [0.2, 0.25) is 0 Å². The van der Waals surface area contributed by atoms with Crippen LogP contribution in [0.15, 0.2) is 41.2 Å². The fourth-order valence-electron chi connectivity index (χ4n) is 2.02. The Morgan fingerprint density at radius 3 is 2.86 bits per heavy atom. The molecule has 1 atom stereocenters. The summed E-state index contributed by atoms with van der Waals surface area (Å²) in [7, 11) is 1.58. The number of pyridine rings is 1. The standard InChI is InChI=1S/C16H18ClFN2O/c1-10(9-19)14-7-8-15(21-2)16(20-14)11-3-5-12(17)13(18)6-4-11/h3-4,6-8,10H,5,9,19H2,1-2H3. The number of rotatable bonds is 4. The first-order chi connectivity index (χ1) is 10.1. The molecule has 0 saturated heterocycles. The van der Waals surface area contributed by atoms with E-state index < -0.39 is 5.83 Å². The number of ether oxygens (including phenoxy) is 1. The van der Waals surface area contributed by atoms with Gasteiger partial charge in [0, 0.05) is 30.2 Å². The summed E-state index contributed by atoms with van der Waals surface area (Å²) in [6, 6.07) is 3.75. The van der Waals surface area contributed by atoms with Crippen LogP contribution in [0.5, 0.6) is 5.75 Å². The van der Waals surface area contributed by atoms with E-state index in [0.717, 1.165) is 11.3 Å². The van der Waals surface area contributed by atoms with Crippen molar-refractivity contribution in [3.05, 3.63) is 52.6 Å². The van der Waals surface area contributed by atoms with Gasteiger partial charge in [0.1, 0.15) is 17.3 Å². The molecule has 21 heavy (non-hydrogen) atoms. The summed E-state index contributed by atoms with van der Waals surface area (Å²) in [4.78, 5) is 4.62. The highest BCUT2D eigenvalue weighted by molar-refractivity contribution is 6.30. The lowest BCUT2D eigenvalue weighted by Crippen LogP contribution is -2.11. The van der Waals surface area contributed by atoms with E-state index in [0.29, 0.717) is 24.4 Å². The van der Waals surface area contributed by atoms with Gasteiger partial charge in [-0.15, -0.1) is 0 Å². The van der Waals surface area contributed by atoms with Crippen LogP contribution in [0.4, 0.5) is 4.39 Å². The van der Waals surface area contributed by atoms with Crippen molar-refractivity contribution in [2.45, 2.75) is 19.3 Å².